The summed E-state index contributed by atoms with van der Waals surface area (Å²) in [4.78, 5) is 28.2. The lowest BCUT2D eigenvalue weighted by Crippen LogP contribution is -2.45. The van der Waals surface area contributed by atoms with Crippen LogP contribution in [0.3, 0.4) is 0 Å². The number of nitrogens with zero attached hydrogens (tertiary/aromatic N) is 2. The maximum absolute atomic E-state index is 11.9. The number of urea groups is 1. The molecule has 3 N–H and O–H groups in total. The summed E-state index contributed by atoms with van der Waals surface area (Å²) in [6, 6.07) is -0.199. The Balaban J connectivity index is 1.35. The molecule has 2 aliphatic rings. The van der Waals surface area contributed by atoms with Crippen LogP contribution in [0.25, 0.3) is 0 Å². The van der Waals surface area contributed by atoms with Gasteiger partial charge in [-0.1, -0.05) is 56.7 Å². The molecule has 0 saturated heterocycles. The summed E-state index contributed by atoms with van der Waals surface area (Å²) in [6.07, 6.45) is 11.6. The molecule has 2 aliphatic carbocycles. The van der Waals surface area contributed by atoms with E-state index in [1.807, 2.05) is 0 Å². The summed E-state index contributed by atoms with van der Waals surface area (Å²) in [5.74, 6) is 1.42. The molecule has 3 amide bonds. The molecule has 1 heterocycles. The number of aromatic amines is 1. The number of aromatic nitrogens is 3. The molecule has 0 bridgehead atoms. The molecule has 25 heavy (non-hydrogen) atoms. The predicted molar refractivity (Wildman–Crippen MR) is 96.3 cm³/mol. The minimum atomic E-state index is -0.394. The third-order valence-electron chi connectivity index (χ3n) is 4.99. The van der Waals surface area contributed by atoms with Gasteiger partial charge in [-0.15, -0.1) is 5.10 Å². The first-order chi connectivity index (χ1) is 12.2. The highest BCUT2D eigenvalue weighted by atomic mass is 32.2. The lowest BCUT2D eigenvalue weighted by Gasteiger charge is -2.22. The van der Waals surface area contributed by atoms with Crippen molar-refractivity contribution in [1.29, 1.82) is 0 Å². The molecule has 0 spiro atoms. The highest BCUT2D eigenvalue weighted by Crippen LogP contribution is 2.27. The van der Waals surface area contributed by atoms with Gasteiger partial charge in [-0.25, -0.2) is 9.78 Å². The number of carbonyl (C=O) groups excluding carboxylic acids is 2. The van der Waals surface area contributed by atoms with E-state index in [-0.39, 0.29) is 17.7 Å². The van der Waals surface area contributed by atoms with E-state index in [9.17, 15) is 9.59 Å². The second-order valence-corrected chi connectivity index (χ2v) is 8.01. The Hall–Kier alpha value is -1.57. The Bertz CT molecular complexity index is 579. The van der Waals surface area contributed by atoms with Gasteiger partial charge in [-0.3, -0.25) is 15.2 Å². The Morgan fingerprint density at radius 1 is 1.08 bits per heavy atom. The Labute approximate surface area is 152 Å². The minimum Gasteiger partial charge on any atom is -0.335 e. The number of carbonyl (C=O) groups is 2. The van der Waals surface area contributed by atoms with Crippen LogP contribution in [0, 0.1) is 5.92 Å². The van der Waals surface area contributed by atoms with Crippen molar-refractivity contribution in [1.82, 2.24) is 25.8 Å². The second-order valence-electron chi connectivity index (χ2n) is 7.06. The van der Waals surface area contributed by atoms with Crippen molar-refractivity contribution >= 4 is 23.7 Å². The summed E-state index contributed by atoms with van der Waals surface area (Å²) in [6.45, 7) is 0. The van der Waals surface area contributed by atoms with E-state index in [2.05, 4.69) is 25.8 Å². The van der Waals surface area contributed by atoms with Gasteiger partial charge < -0.3 is 5.32 Å². The fourth-order valence-electron chi connectivity index (χ4n) is 3.68. The number of thioether (sulfide) groups is 1. The molecule has 0 radical (unpaired) electrons. The van der Waals surface area contributed by atoms with E-state index in [1.165, 1.54) is 43.9 Å². The van der Waals surface area contributed by atoms with Crippen LogP contribution >= 0.6 is 11.8 Å². The van der Waals surface area contributed by atoms with E-state index in [4.69, 9.17) is 0 Å². The molecule has 8 heteroatoms. The second kappa shape index (κ2) is 9.22. The number of amides is 3. The molecule has 7 nitrogen and oxygen atoms in total. The molecule has 2 fully saturated rings. The van der Waals surface area contributed by atoms with Crippen molar-refractivity contribution in [2.75, 3.05) is 5.75 Å². The summed E-state index contributed by atoms with van der Waals surface area (Å²) >= 11 is 1.25. The van der Waals surface area contributed by atoms with Gasteiger partial charge in [0.15, 0.2) is 0 Å². The van der Waals surface area contributed by atoms with Gasteiger partial charge in [-0.2, -0.15) is 0 Å². The predicted octanol–water partition coefficient (Wildman–Crippen LogP) is 2.79. The molecule has 2 saturated carbocycles. The highest BCUT2D eigenvalue weighted by Gasteiger charge is 2.19. The van der Waals surface area contributed by atoms with Crippen LogP contribution in [-0.4, -0.2) is 38.9 Å². The topological polar surface area (TPSA) is 99.8 Å². The maximum Gasteiger partial charge on any atom is 0.321 e. The Morgan fingerprint density at radius 3 is 2.56 bits per heavy atom. The van der Waals surface area contributed by atoms with Gasteiger partial charge in [0.1, 0.15) is 5.82 Å². The Morgan fingerprint density at radius 2 is 1.80 bits per heavy atom. The summed E-state index contributed by atoms with van der Waals surface area (Å²) < 4.78 is 0. The van der Waals surface area contributed by atoms with Crippen molar-refractivity contribution in [3.63, 3.8) is 0 Å². The number of H-pyrrole nitrogens is 1. The lowest BCUT2D eigenvalue weighted by molar-refractivity contribution is -0.117. The smallest absolute Gasteiger partial charge is 0.321 e. The van der Waals surface area contributed by atoms with Crippen LogP contribution < -0.4 is 10.6 Å². The number of nitrogens with one attached hydrogen (secondary N) is 3. The number of hydrogen-bond acceptors (Lipinski definition) is 5. The van der Waals surface area contributed by atoms with E-state index < -0.39 is 6.03 Å². The summed E-state index contributed by atoms with van der Waals surface area (Å²) in [5, 5.41) is 12.9. The quantitative estimate of drug-likeness (QED) is 0.673. The molecular formula is C17H27N5O2S. The molecule has 1 aromatic rings. The van der Waals surface area contributed by atoms with E-state index in [0.717, 1.165) is 37.9 Å². The molecule has 138 valence electrons. The largest absolute Gasteiger partial charge is 0.335 e. The van der Waals surface area contributed by atoms with Gasteiger partial charge in [0.25, 0.3) is 0 Å². The first-order valence-electron chi connectivity index (χ1n) is 9.33. The normalized spacial score (nSPS) is 19.0. The van der Waals surface area contributed by atoms with E-state index in [0.29, 0.717) is 11.1 Å². The third kappa shape index (κ3) is 6.02. The zero-order chi connectivity index (χ0) is 17.5. The lowest BCUT2D eigenvalue weighted by atomic mass is 9.96. The summed E-state index contributed by atoms with van der Waals surface area (Å²) in [5.41, 5.74) is 0. The van der Waals surface area contributed by atoms with Crippen LogP contribution in [0.5, 0.6) is 0 Å². The zero-order valence-corrected chi connectivity index (χ0v) is 15.4. The van der Waals surface area contributed by atoms with Gasteiger partial charge in [0, 0.05) is 12.5 Å². The van der Waals surface area contributed by atoms with Gasteiger partial charge >= 0.3 is 6.03 Å². The van der Waals surface area contributed by atoms with Crippen LogP contribution in [0.4, 0.5) is 4.79 Å². The van der Waals surface area contributed by atoms with Gasteiger partial charge in [0.2, 0.25) is 11.1 Å². The monoisotopic (exact) mass is 365 g/mol. The fraction of sp³-hybridized carbons (Fsp3) is 0.765. The average molecular weight is 366 g/mol. The molecule has 0 atom stereocenters. The average Bonchev–Trinajstić information content (AvgIpc) is 3.26. The third-order valence-corrected chi connectivity index (χ3v) is 5.84. The Kier molecular flexibility index (Phi) is 6.72. The standard InChI is InChI=1S/C17H27N5O2S/c23-15(20-16(24)18-13-8-2-1-3-9-13)11-25-17-19-14(21-22-17)10-12-6-4-5-7-12/h12-13H,1-11H2,(H,19,21,22)(H2,18,20,23,24). The van der Waals surface area contributed by atoms with Crippen molar-refractivity contribution in [2.24, 2.45) is 5.92 Å². The number of imide groups is 1. The van der Waals surface area contributed by atoms with Crippen molar-refractivity contribution in [2.45, 2.75) is 75.4 Å². The van der Waals surface area contributed by atoms with Crippen LogP contribution in [0.2, 0.25) is 0 Å². The van der Waals surface area contributed by atoms with Crippen molar-refractivity contribution in [3.05, 3.63) is 5.82 Å². The van der Waals surface area contributed by atoms with Crippen LogP contribution in [0.15, 0.2) is 5.16 Å². The minimum absolute atomic E-state index is 0.138. The van der Waals surface area contributed by atoms with E-state index >= 15 is 0 Å². The van der Waals surface area contributed by atoms with Gasteiger partial charge in [0.05, 0.1) is 5.75 Å². The SMILES string of the molecule is O=C(CSc1n[nH]c(CC2CCCC2)n1)NC(=O)NC1CCCCC1. The molecule has 1 aromatic heterocycles. The molecule has 0 aliphatic heterocycles. The molecule has 0 aromatic carbocycles. The first-order valence-corrected chi connectivity index (χ1v) is 10.3. The molecule has 0 unspecified atom stereocenters. The van der Waals surface area contributed by atoms with Crippen LogP contribution in [-0.2, 0) is 11.2 Å². The molecular weight excluding hydrogens is 338 g/mol. The zero-order valence-electron chi connectivity index (χ0n) is 14.6. The first kappa shape index (κ1) is 18.2. The van der Waals surface area contributed by atoms with E-state index in [1.54, 1.807) is 0 Å². The maximum atomic E-state index is 11.9. The summed E-state index contributed by atoms with van der Waals surface area (Å²) in [7, 11) is 0. The number of rotatable bonds is 6. The number of hydrogen-bond donors (Lipinski definition) is 3. The highest BCUT2D eigenvalue weighted by molar-refractivity contribution is 7.99. The fourth-order valence-corrected chi connectivity index (χ4v) is 4.30. The van der Waals surface area contributed by atoms with Gasteiger partial charge in [-0.05, 0) is 18.8 Å². The molecule has 3 rings (SSSR count). The van der Waals surface area contributed by atoms with Crippen LogP contribution in [0.1, 0.15) is 63.6 Å². The van der Waals surface area contributed by atoms with Crippen molar-refractivity contribution < 1.29 is 9.59 Å². The van der Waals surface area contributed by atoms with Crippen molar-refractivity contribution in [3.8, 4) is 0 Å².